The number of fused-ring (bicyclic) bond motifs is 3. The van der Waals surface area contributed by atoms with Crippen molar-refractivity contribution in [1.29, 1.82) is 0 Å². The summed E-state index contributed by atoms with van der Waals surface area (Å²) in [6, 6.07) is 2.02. The summed E-state index contributed by atoms with van der Waals surface area (Å²) in [6.45, 7) is 13.8. The van der Waals surface area contributed by atoms with Gasteiger partial charge in [0.15, 0.2) is 11.6 Å². The molecule has 33 heavy (non-hydrogen) atoms. The Labute approximate surface area is 197 Å². The number of ketones is 2. The van der Waals surface area contributed by atoms with Crippen LogP contribution in [0.25, 0.3) is 17.1 Å². The number of imidazole rings is 1. The maximum absolute atomic E-state index is 13.2. The molecular weight excluding hydrogens is 412 g/mol. The summed E-state index contributed by atoms with van der Waals surface area (Å²) in [4.78, 5) is 29.8. The third-order valence-corrected chi connectivity index (χ3v) is 6.19. The van der Waals surface area contributed by atoms with E-state index in [0.29, 0.717) is 25.2 Å². The number of aliphatic hydroxyl groups is 1. The van der Waals surface area contributed by atoms with Crippen LogP contribution in [0.3, 0.4) is 0 Å². The molecule has 5 nitrogen and oxygen atoms in total. The van der Waals surface area contributed by atoms with Gasteiger partial charge in [0.25, 0.3) is 0 Å². The van der Waals surface area contributed by atoms with Crippen LogP contribution in [0.1, 0.15) is 68.4 Å². The van der Waals surface area contributed by atoms with Gasteiger partial charge in [0.05, 0.1) is 17.4 Å². The molecular formula is C28H38N2O3. The Morgan fingerprint density at radius 3 is 2.55 bits per heavy atom. The largest absolute Gasteiger partial charge is 0.385 e. The molecule has 1 aromatic carbocycles. The summed E-state index contributed by atoms with van der Waals surface area (Å²) < 4.78 is 1.95. The summed E-state index contributed by atoms with van der Waals surface area (Å²) in [6.07, 6.45) is 11.1. The van der Waals surface area contributed by atoms with Gasteiger partial charge in [-0.25, -0.2) is 4.98 Å². The molecule has 0 spiro atoms. The number of allylic oxidation sites excluding steroid dienone is 3. The molecule has 0 saturated heterocycles. The van der Waals surface area contributed by atoms with E-state index in [1.807, 2.05) is 56.7 Å². The van der Waals surface area contributed by atoms with Crippen molar-refractivity contribution in [3.05, 3.63) is 60.0 Å². The van der Waals surface area contributed by atoms with Crippen LogP contribution < -0.4 is 0 Å². The van der Waals surface area contributed by atoms with Gasteiger partial charge in [0.2, 0.25) is 0 Å². The van der Waals surface area contributed by atoms with E-state index in [1.165, 1.54) is 6.08 Å². The maximum Gasteiger partial charge on any atom is 0.183 e. The van der Waals surface area contributed by atoms with Crippen molar-refractivity contribution in [2.24, 2.45) is 24.8 Å². The predicted molar refractivity (Wildman–Crippen MR) is 136 cm³/mol. The fraction of sp³-hybridized carbons (Fsp3) is 0.464. The van der Waals surface area contributed by atoms with Crippen molar-refractivity contribution < 1.29 is 14.7 Å². The van der Waals surface area contributed by atoms with Crippen molar-refractivity contribution in [2.45, 2.75) is 60.0 Å². The SMILES string of the molecule is C=CC(C)C.Cc1cc2c(ncn2C)c2c1C(=O)CC(C)C(C)/C=C\C(=O)C(O)CC/C=C/2. The smallest absolute Gasteiger partial charge is 0.183 e. The Kier molecular flexibility index (Phi) is 9.54. The number of carbonyl (C=O) groups excluding carboxylic acids is 2. The average Bonchev–Trinajstić information content (AvgIpc) is 3.14. The van der Waals surface area contributed by atoms with Crippen LogP contribution in [-0.2, 0) is 11.8 Å². The van der Waals surface area contributed by atoms with E-state index < -0.39 is 6.10 Å². The molecule has 3 rings (SSSR count). The lowest BCUT2D eigenvalue weighted by molar-refractivity contribution is -0.122. The minimum atomic E-state index is -1.00. The first kappa shape index (κ1) is 26.5. The topological polar surface area (TPSA) is 72.2 Å². The number of nitrogens with zero attached hydrogens (tertiary/aromatic N) is 2. The zero-order valence-corrected chi connectivity index (χ0v) is 20.8. The number of aromatic nitrogens is 2. The van der Waals surface area contributed by atoms with Gasteiger partial charge in [-0.3, -0.25) is 9.59 Å². The predicted octanol–water partition coefficient (Wildman–Crippen LogP) is 5.85. The molecule has 1 aliphatic rings. The second-order valence-electron chi connectivity index (χ2n) is 9.41. The Morgan fingerprint density at radius 2 is 1.91 bits per heavy atom. The zero-order chi connectivity index (χ0) is 24.7. The highest BCUT2D eigenvalue weighted by molar-refractivity contribution is 6.06. The Balaban J connectivity index is 0.000000696. The van der Waals surface area contributed by atoms with Crippen molar-refractivity contribution in [2.75, 3.05) is 0 Å². The molecule has 2 aromatic rings. The number of aryl methyl sites for hydroxylation is 2. The molecule has 1 aromatic heterocycles. The van der Waals surface area contributed by atoms with Crippen molar-refractivity contribution in [1.82, 2.24) is 9.55 Å². The van der Waals surface area contributed by atoms with Crippen LogP contribution in [0.15, 0.2) is 43.3 Å². The normalized spacial score (nSPS) is 23.9. The minimum absolute atomic E-state index is 0.0564. The van der Waals surface area contributed by atoms with Crippen molar-refractivity contribution >= 4 is 28.7 Å². The van der Waals surface area contributed by atoms with Gasteiger partial charge in [-0.05, 0) is 55.2 Å². The molecule has 0 saturated carbocycles. The number of hydrogen-bond donors (Lipinski definition) is 1. The second kappa shape index (κ2) is 11.9. The zero-order valence-electron chi connectivity index (χ0n) is 20.8. The van der Waals surface area contributed by atoms with E-state index in [2.05, 4.69) is 25.4 Å². The first-order valence-corrected chi connectivity index (χ1v) is 11.7. The molecule has 0 amide bonds. The maximum atomic E-state index is 13.2. The fourth-order valence-electron chi connectivity index (χ4n) is 3.68. The summed E-state index contributed by atoms with van der Waals surface area (Å²) in [5, 5.41) is 10.1. The monoisotopic (exact) mass is 450 g/mol. The van der Waals surface area contributed by atoms with Crippen LogP contribution in [0, 0.1) is 24.7 Å². The lowest BCUT2D eigenvalue weighted by Crippen LogP contribution is -2.19. The van der Waals surface area contributed by atoms with Gasteiger partial charge in [0.1, 0.15) is 6.10 Å². The Hall–Kier alpha value is -2.79. The van der Waals surface area contributed by atoms with Crippen LogP contribution in [0.2, 0.25) is 0 Å². The number of hydrogen-bond acceptors (Lipinski definition) is 4. The number of carbonyl (C=O) groups is 2. The van der Waals surface area contributed by atoms with Crippen molar-refractivity contribution in [3.63, 3.8) is 0 Å². The van der Waals surface area contributed by atoms with E-state index in [9.17, 15) is 14.7 Å². The molecule has 178 valence electrons. The van der Waals surface area contributed by atoms with Gasteiger partial charge >= 0.3 is 0 Å². The van der Waals surface area contributed by atoms with E-state index in [-0.39, 0.29) is 23.4 Å². The minimum Gasteiger partial charge on any atom is -0.385 e. The third kappa shape index (κ3) is 6.84. The summed E-state index contributed by atoms with van der Waals surface area (Å²) in [5.74, 6) is 0.600. The fourth-order valence-corrected chi connectivity index (χ4v) is 3.68. The molecule has 0 bridgehead atoms. The first-order chi connectivity index (χ1) is 15.6. The first-order valence-electron chi connectivity index (χ1n) is 11.7. The summed E-state index contributed by atoms with van der Waals surface area (Å²) in [7, 11) is 1.94. The molecule has 0 aliphatic heterocycles. The third-order valence-electron chi connectivity index (χ3n) is 6.19. The molecule has 1 N–H and O–H groups in total. The number of benzene rings is 1. The van der Waals surface area contributed by atoms with Gasteiger partial charge in [0, 0.05) is 24.6 Å². The second-order valence-corrected chi connectivity index (χ2v) is 9.41. The van der Waals surface area contributed by atoms with E-state index in [4.69, 9.17) is 0 Å². The highest BCUT2D eigenvalue weighted by Gasteiger charge is 2.22. The highest BCUT2D eigenvalue weighted by atomic mass is 16.3. The molecule has 5 heteroatoms. The average molecular weight is 451 g/mol. The highest BCUT2D eigenvalue weighted by Crippen LogP contribution is 2.29. The van der Waals surface area contributed by atoms with E-state index in [1.54, 1.807) is 12.4 Å². The quantitative estimate of drug-likeness (QED) is 0.553. The van der Waals surface area contributed by atoms with Gasteiger partial charge in [-0.1, -0.05) is 52.0 Å². The van der Waals surface area contributed by atoms with Crippen LogP contribution >= 0.6 is 0 Å². The van der Waals surface area contributed by atoms with Gasteiger partial charge in [-0.2, -0.15) is 0 Å². The van der Waals surface area contributed by atoms with Crippen LogP contribution in [-0.4, -0.2) is 32.3 Å². The van der Waals surface area contributed by atoms with Gasteiger partial charge in [-0.15, -0.1) is 6.58 Å². The van der Waals surface area contributed by atoms with Gasteiger partial charge < -0.3 is 9.67 Å². The summed E-state index contributed by atoms with van der Waals surface area (Å²) >= 11 is 0. The molecule has 1 aliphatic carbocycles. The number of Topliss-reactive ketones (excluding diaryl/α,β-unsaturated/α-hetero) is 1. The Bertz CT molecular complexity index is 1060. The number of aliphatic hydroxyl groups excluding tert-OH is 1. The Morgan fingerprint density at radius 1 is 1.24 bits per heavy atom. The summed E-state index contributed by atoms with van der Waals surface area (Å²) in [5.41, 5.74) is 4.28. The van der Waals surface area contributed by atoms with Crippen molar-refractivity contribution in [3.8, 4) is 0 Å². The molecule has 3 unspecified atom stereocenters. The molecule has 3 atom stereocenters. The van der Waals surface area contributed by atoms with Crippen LogP contribution in [0.5, 0.6) is 0 Å². The molecule has 0 radical (unpaired) electrons. The standard InChI is InChI=1S/C23H28N2O3.C5H10/c1-14-9-10-20(27)19(26)8-6-5-7-17-22(21(28)12-15(14)2)16(3)11-18-23(17)24-13-25(18)4;1-4-5(2)3/h5,7,9-11,13-15,19,26H,6,8,12H2,1-4H3;4-5H,1H2,2-3H3/b7-5+,10-9-;. The van der Waals surface area contributed by atoms with E-state index >= 15 is 0 Å². The lowest BCUT2D eigenvalue weighted by Gasteiger charge is -2.18. The number of rotatable bonds is 1. The molecule has 0 fully saturated rings. The van der Waals surface area contributed by atoms with E-state index in [0.717, 1.165) is 27.7 Å². The lowest BCUT2D eigenvalue weighted by atomic mass is 9.86. The van der Waals surface area contributed by atoms with Crippen LogP contribution in [0.4, 0.5) is 0 Å². The molecule has 1 heterocycles.